The van der Waals surface area contributed by atoms with Crippen LogP contribution in [-0.4, -0.2) is 25.5 Å². The highest BCUT2D eigenvalue weighted by molar-refractivity contribution is 6.07. The fourth-order valence-corrected chi connectivity index (χ4v) is 3.55. The quantitative estimate of drug-likeness (QED) is 0.845. The molecule has 1 fully saturated rings. The van der Waals surface area contributed by atoms with Crippen LogP contribution in [0.15, 0.2) is 42.5 Å². The van der Waals surface area contributed by atoms with Gasteiger partial charge in [0.1, 0.15) is 5.82 Å². The summed E-state index contributed by atoms with van der Waals surface area (Å²) in [4.78, 5) is 16.7. The Bertz CT molecular complexity index is 753. The van der Waals surface area contributed by atoms with Gasteiger partial charge in [-0.3, -0.25) is 4.79 Å². The summed E-state index contributed by atoms with van der Waals surface area (Å²) in [5, 5.41) is 0. The van der Waals surface area contributed by atoms with Crippen LogP contribution < -0.4 is 9.80 Å². The molecule has 0 atom stereocenters. The molecule has 0 aliphatic carbocycles. The fraction of sp³-hybridized carbons (Fsp3) is 0.316. The van der Waals surface area contributed by atoms with E-state index < -0.39 is 5.82 Å². The molecule has 0 spiro atoms. The first kappa shape index (κ1) is 14.2. The standard InChI is InChI=1S/C19H19FN2O/c20-17-6-2-1-5-16(17)19(23)22-12-9-14-13-15(7-8-18(14)22)21-10-3-4-11-21/h1-2,5-8,13H,3-4,9-12H2. The first-order chi connectivity index (χ1) is 11.2. The second kappa shape index (κ2) is 5.69. The number of rotatable bonds is 2. The van der Waals surface area contributed by atoms with Gasteiger partial charge in [-0.05, 0) is 55.2 Å². The van der Waals surface area contributed by atoms with Gasteiger partial charge in [0.05, 0.1) is 5.56 Å². The van der Waals surface area contributed by atoms with Crippen molar-refractivity contribution >= 4 is 17.3 Å². The molecule has 2 aromatic carbocycles. The number of nitrogens with zero attached hydrogens (tertiary/aromatic N) is 2. The van der Waals surface area contributed by atoms with Crippen LogP contribution in [-0.2, 0) is 6.42 Å². The molecule has 118 valence electrons. The molecule has 1 saturated heterocycles. The summed E-state index contributed by atoms with van der Waals surface area (Å²) in [5.74, 6) is -0.713. The van der Waals surface area contributed by atoms with Gasteiger partial charge in [-0.25, -0.2) is 4.39 Å². The molecule has 4 rings (SSSR count). The molecule has 3 nitrogen and oxygen atoms in total. The van der Waals surface area contributed by atoms with Crippen LogP contribution in [0.2, 0.25) is 0 Å². The molecule has 4 heteroatoms. The predicted molar refractivity (Wildman–Crippen MR) is 89.7 cm³/mol. The van der Waals surface area contributed by atoms with Crippen molar-refractivity contribution in [3.8, 4) is 0 Å². The Kier molecular flexibility index (Phi) is 3.52. The maximum absolute atomic E-state index is 13.9. The zero-order chi connectivity index (χ0) is 15.8. The van der Waals surface area contributed by atoms with E-state index in [1.165, 1.54) is 30.2 Å². The van der Waals surface area contributed by atoms with Crippen molar-refractivity contribution in [2.24, 2.45) is 0 Å². The van der Waals surface area contributed by atoms with Gasteiger partial charge in [0, 0.05) is 31.0 Å². The number of hydrogen-bond donors (Lipinski definition) is 0. The second-order valence-corrected chi connectivity index (χ2v) is 6.19. The van der Waals surface area contributed by atoms with Crippen LogP contribution in [0, 0.1) is 5.82 Å². The van der Waals surface area contributed by atoms with Crippen LogP contribution in [0.4, 0.5) is 15.8 Å². The lowest BCUT2D eigenvalue weighted by atomic mass is 10.1. The van der Waals surface area contributed by atoms with E-state index in [2.05, 4.69) is 17.0 Å². The SMILES string of the molecule is O=C(c1ccccc1F)N1CCc2cc(N3CCCC3)ccc21. The third-order valence-electron chi connectivity index (χ3n) is 4.78. The minimum atomic E-state index is -0.459. The maximum Gasteiger partial charge on any atom is 0.261 e. The van der Waals surface area contributed by atoms with Crippen molar-refractivity contribution in [3.63, 3.8) is 0 Å². The maximum atomic E-state index is 13.9. The number of amides is 1. The van der Waals surface area contributed by atoms with Crippen LogP contribution in [0.25, 0.3) is 0 Å². The smallest absolute Gasteiger partial charge is 0.261 e. The number of carbonyl (C=O) groups is 1. The monoisotopic (exact) mass is 310 g/mol. The van der Waals surface area contributed by atoms with Gasteiger partial charge in [0.25, 0.3) is 5.91 Å². The van der Waals surface area contributed by atoms with E-state index in [4.69, 9.17) is 0 Å². The van der Waals surface area contributed by atoms with Crippen molar-refractivity contribution in [2.45, 2.75) is 19.3 Å². The van der Waals surface area contributed by atoms with Crippen LogP contribution in [0.5, 0.6) is 0 Å². The summed E-state index contributed by atoms with van der Waals surface area (Å²) in [6.07, 6.45) is 3.32. The number of benzene rings is 2. The minimum absolute atomic E-state index is 0.143. The number of fused-ring (bicyclic) bond motifs is 1. The first-order valence-electron chi connectivity index (χ1n) is 8.18. The summed E-state index contributed by atoms with van der Waals surface area (Å²) in [5.41, 5.74) is 3.48. The van der Waals surface area contributed by atoms with E-state index in [1.807, 2.05) is 6.07 Å². The number of carbonyl (C=O) groups excluding carboxylic acids is 1. The molecular weight excluding hydrogens is 291 g/mol. The third kappa shape index (κ3) is 2.48. The highest BCUT2D eigenvalue weighted by Gasteiger charge is 2.27. The van der Waals surface area contributed by atoms with Crippen molar-refractivity contribution in [1.82, 2.24) is 0 Å². The molecule has 0 aromatic heterocycles. The van der Waals surface area contributed by atoms with Crippen molar-refractivity contribution in [2.75, 3.05) is 29.4 Å². The van der Waals surface area contributed by atoms with Gasteiger partial charge in [-0.15, -0.1) is 0 Å². The average Bonchev–Trinajstić information content (AvgIpc) is 3.23. The highest BCUT2D eigenvalue weighted by Crippen LogP contribution is 2.33. The van der Waals surface area contributed by atoms with Crippen molar-refractivity contribution < 1.29 is 9.18 Å². The average molecular weight is 310 g/mol. The zero-order valence-electron chi connectivity index (χ0n) is 13.0. The third-order valence-corrected chi connectivity index (χ3v) is 4.78. The normalized spacial score (nSPS) is 16.7. The Hall–Kier alpha value is -2.36. The molecule has 2 aliphatic rings. The molecule has 0 saturated carbocycles. The largest absolute Gasteiger partial charge is 0.372 e. The zero-order valence-corrected chi connectivity index (χ0v) is 13.0. The molecule has 0 unspecified atom stereocenters. The Labute approximate surface area is 135 Å². The van der Waals surface area contributed by atoms with Gasteiger partial charge in [0.15, 0.2) is 0 Å². The predicted octanol–water partition coefficient (Wildman–Crippen LogP) is 3.63. The van der Waals surface area contributed by atoms with Crippen LogP contribution in [0.1, 0.15) is 28.8 Å². The summed E-state index contributed by atoms with van der Waals surface area (Å²) >= 11 is 0. The van der Waals surface area contributed by atoms with Gasteiger partial charge < -0.3 is 9.80 Å². The Morgan fingerprint density at radius 3 is 2.57 bits per heavy atom. The molecule has 23 heavy (non-hydrogen) atoms. The number of halogens is 1. The van der Waals surface area contributed by atoms with Crippen LogP contribution >= 0.6 is 0 Å². The summed E-state index contributed by atoms with van der Waals surface area (Å²) in [6.45, 7) is 2.83. The van der Waals surface area contributed by atoms with Gasteiger partial charge in [0.2, 0.25) is 0 Å². The molecule has 2 aliphatic heterocycles. The molecule has 1 amide bonds. The molecular formula is C19H19FN2O. The number of hydrogen-bond acceptors (Lipinski definition) is 2. The van der Waals surface area contributed by atoms with E-state index in [0.717, 1.165) is 25.2 Å². The molecule has 2 aromatic rings. The molecule has 0 radical (unpaired) electrons. The van der Waals surface area contributed by atoms with E-state index in [0.29, 0.717) is 6.54 Å². The van der Waals surface area contributed by atoms with E-state index in [-0.39, 0.29) is 11.5 Å². The van der Waals surface area contributed by atoms with Crippen molar-refractivity contribution in [3.05, 3.63) is 59.4 Å². The Morgan fingerprint density at radius 2 is 1.78 bits per heavy atom. The van der Waals surface area contributed by atoms with Gasteiger partial charge >= 0.3 is 0 Å². The molecule has 0 bridgehead atoms. The van der Waals surface area contributed by atoms with Gasteiger partial charge in [-0.1, -0.05) is 12.1 Å². The van der Waals surface area contributed by atoms with Crippen LogP contribution in [0.3, 0.4) is 0 Å². The van der Waals surface area contributed by atoms with Crippen molar-refractivity contribution in [1.29, 1.82) is 0 Å². The van der Waals surface area contributed by atoms with Gasteiger partial charge in [-0.2, -0.15) is 0 Å². The Balaban J connectivity index is 1.63. The topological polar surface area (TPSA) is 23.6 Å². The first-order valence-corrected chi connectivity index (χ1v) is 8.18. The lowest BCUT2D eigenvalue weighted by Crippen LogP contribution is -2.29. The summed E-state index contributed by atoms with van der Waals surface area (Å²) in [6, 6.07) is 12.5. The lowest BCUT2D eigenvalue weighted by Gasteiger charge is -2.21. The second-order valence-electron chi connectivity index (χ2n) is 6.19. The van der Waals surface area contributed by atoms with E-state index in [1.54, 1.807) is 23.1 Å². The number of anilines is 2. The minimum Gasteiger partial charge on any atom is -0.372 e. The fourth-order valence-electron chi connectivity index (χ4n) is 3.55. The molecule has 0 N–H and O–H groups in total. The Morgan fingerprint density at radius 1 is 1.00 bits per heavy atom. The highest BCUT2D eigenvalue weighted by atomic mass is 19.1. The summed E-state index contributed by atoms with van der Waals surface area (Å²) < 4.78 is 13.9. The van der Waals surface area contributed by atoms with E-state index >= 15 is 0 Å². The summed E-state index contributed by atoms with van der Waals surface area (Å²) in [7, 11) is 0. The van der Waals surface area contributed by atoms with E-state index in [9.17, 15) is 9.18 Å². The molecule has 2 heterocycles. The lowest BCUT2D eigenvalue weighted by molar-refractivity contribution is 0.0985.